The molecule has 0 aliphatic carbocycles. The first-order chi connectivity index (χ1) is 21.1. The van der Waals surface area contributed by atoms with Crippen LogP contribution in [-0.4, -0.2) is 57.0 Å². The summed E-state index contributed by atoms with van der Waals surface area (Å²) in [7, 11) is 0. The zero-order chi connectivity index (χ0) is 33.3. The summed E-state index contributed by atoms with van der Waals surface area (Å²) < 4.78 is 5.40. The highest BCUT2D eigenvalue weighted by atomic mass is 35.5. The number of para-hydroxylation sites is 1. The summed E-state index contributed by atoms with van der Waals surface area (Å²) in [5.41, 5.74) is 6.92. The SMILES string of the molecule is CC(=O)N(c1ccccc1)N(C[C@@H](N)Cc1ccc([N+](=O)[O-])cc1)C(=O)[C@H](Cc1ccc([N+](=O)[O-])cc1)NC(=O)OC(C)(C)C.Cl. The van der Waals surface area contributed by atoms with Gasteiger partial charge in [0.05, 0.1) is 22.1 Å². The Kier molecular flexibility index (Phi) is 13.1. The molecule has 46 heavy (non-hydrogen) atoms. The summed E-state index contributed by atoms with van der Waals surface area (Å²) in [6.45, 7) is 6.08. The van der Waals surface area contributed by atoms with E-state index in [0.717, 1.165) is 10.0 Å². The third-order valence-electron chi connectivity index (χ3n) is 6.42. The molecular formula is C31H37ClN6O8. The minimum absolute atomic E-state index is 0. The number of nitro benzene ring substituents is 2. The largest absolute Gasteiger partial charge is 0.444 e. The predicted molar refractivity (Wildman–Crippen MR) is 173 cm³/mol. The van der Waals surface area contributed by atoms with Gasteiger partial charge >= 0.3 is 6.09 Å². The third-order valence-corrected chi connectivity index (χ3v) is 6.42. The number of halogens is 1. The standard InChI is InChI=1S/C31H36N6O8.ClH/c1-21(38)35(25-8-6-5-7-9-25)34(20-24(32)18-22-10-14-26(15-11-22)36(41)42)29(39)28(33-30(40)45-31(2,3)4)19-23-12-16-27(17-13-23)37(43)44;/h5-17,24,28H,18-20,32H2,1-4H3,(H,33,40);1H/t24-,28-;/m0./s1. The fourth-order valence-corrected chi connectivity index (χ4v) is 4.49. The van der Waals surface area contributed by atoms with Crippen LogP contribution in [0.15, 0.2) is 78.9 Å². The zero-order valence-corrected chi connectivity index (χ0v) is 26.6. The predicted octanol–water partition coefficient (Wildman–Crippen LogP) is 4.73. The van der Waals surface area contributed by atoms with Gasteiger partial charge < -0.3 is 15.8 Å². The molecule has 0 unspecified atom stereocenters. The summed E-state index contributed by atoms with van der Waals surface area (Å²) >= 11 is 0. The van der Waals surface area contributed by atoms with E-state index in [9.17, 15) is 34.6 Å². The van der Waals surface area contributed by atoms with Crippen LogP contribution in [0, 0.1) is 20.2 Å². The number of ether oxygens (including phenoxy) is 1. The van der Waals surface area contributed by atoms with Gasteiger partial charge in [-0.05, 0) is 50.5 Å². The molecule has 0 bridgehead atoms. The van der Waals surface area contributed by atoms with Crippen molar-refractivity contribution in [3.63, 3.8) is 0 Å². The second-order valence-corrected chi connectivity index (χ2v) is 11.3. The van der Waals surface area contributed by atoms with E-state index in [1.54, 1.807) is 63.2 Å². The first-order valence-corrected chi connectivity index (χ1v) is 14.0. The van der Waals surface area contributed by atoms with Crippen LogP contribution in [0.3, 0.4) is 0 Å². The Bertz CT molecular complexity index is 1510. The number of carbonyl (C=O) groups is 3. The average Bonchev–Trinajstić information content (AvgIpc) is 2.96. The summed E-state index contributed by atoms with van der Waals surface area (Å²) in [6.07, 6.45) is -0.772. The molecule has 0 aliphatic heterocycles. The van der Waals surface area contributed by atoms with E-state index in [0.29, 0.717) is 16.8 Å². The highest BCUT2D eigenvalue weighted by molar-refractivity contribution is 5.97. The van der Waals surface area contributed by atoms with Crippen molar-refractivity contribution in [2.24, 2.45) is 5.73 Å². The normalized spacial score (nSPS) is 12.1. The van der Waals surface area contributed by atoms with Crippen molar-refractivity contribution in [3.8, 4) is 0 Å². The lowest BCUT2D eigenvalue weighted by molar-refractivity contribution is -0.385. The van der Waals surface area contributed by atoms with Gasteiger partial charge in [-0.15, -0.1) is 12.4 Å². The summed E-state index contributed by atoms with van der Waals surface area (Å²) in [6, 6.07) is 17.7. The van der Waals surface area contributed by atoms with E-state index >= 15 is 0 Å². The zero-order valence-electron chi connectivity index (χ0n) is 25.8. The Balaban J connectivity index is 0.00000736. The van der Waals surface area contributed by atoms with E-state index in [1.807, 2.05) is 0 Å². The summed E-state index contributed by atoms with van der Waals surface area (Å²) in [5.74, 6) is -1.21. The van der Waals surface area contributed by atoms with Crippen LogP contribution in [0.4, 0.5) is 21.9 Å². The van der Waals surface area contributed by atoms with E-state index in [1.165, 1.54) is 43.3 Å². The second-order valence-electron chi connectivity index (χ2n) is 11.3. The van der Waals surface area contributed by atoms with Gasteiger partial charge in [-0.3, -0.25) is 29.8 Å². The number of nitrogens with zero attached hydrogens (tertiary/aromatic N) is 4. The lowest BCUT2D eigenvalue weighted by Crippen LogP contribution is -2.60. The van der Waals surface area contributed by atoms with Crippen LogP contribution in [0.25, 0.3) is 0 Å². The van der Waals surface area contributed by atoms with Crippen molar-refractivity contribution in [1.82, 2.24) is 10.3 Å². The Hall–Kier alpha value is -5.08. The molecule has 0 fully saturated rings. The smallest absolute Gasteiger partial charge is 0.408 e. The number of rotatable bonds is 11. The molecule has 3 aromatic carbocycles. The molecule has 0 saturated heterocycles. The van der Waals surface area contributed by atoms with Gasteiger partial charge in [-0.25, -0.2) is 14.8 Å². The van der Waals surface area contributed by atoms with Gasteiger partial charge in [0.2, 0.25) is 5.91 Å². The molecule has 15 heteroatoms. The number of nitrogens with one attached hydrogen (secondary N) is 1. The van der Waals surface area contributed by atoms with Gasteiger partial charge in [0, 0.05) is 43.7 Å². The number of nitro groups is 2. The Labute approximate surface area is 272 Å². The van der Waals surface area contributed by atoms with Crippen molar-refractivity contribution in [2.75, 3.05) is 11.6 Å². The molecule has 14 nitrogen and oxygen atoms in total. The molecule has 0 spiro atoms. The fraction of sp³-hybridized carbons (Fsp3) is 0.323. The maximum Gasteiger partial charge on any atom is 0.408 e. The van der Waals surface area contributed by atoms with E-state index in [-0.39, 0.29) is 43.2 Å². The lowest BCUT2D eigenvalue weighted by atomic mass is 10.0. The molecule has 2 atom stereocenters. The van der Waals surface area contributed by atoms with Gasteiger partial charge in [-0.2, -0.15) is 0 Å². The number of carbonyl (C=O) groups excluding carboxylic acids is 3. The number of nitrogens with two attached hydrogens (primary N) is 1. The molecule has 0 aliphatic rings. The van der Waals surface area contributed by atoms with E-state index < -0.39 is 45.4 Å². The van der Waals surface area contributed by atoms with Crippen LogP contribution in [0.5, 0.6) is 0 Å². The number of alkyl carbamates (subject to hydrolysis) is 1. The molecule has 3 aromatic rings. The van der Waals surface area contributed by atoms with Crippen LogP contribution >= 0.6 is 12.4 Å². The Morgan fingerprint density at radius 3 is 1.76 bits per heavy atom. The van der Waals surface area contributed by atoms with Crippen molar-refractivity contribution in [2.45, 2.75) is 58.2 Å². The number of hydrazine groups is 1. The summed E-state index contributed by atoms with van der Waals surface area (Å²) in [4.78, 5) is 61.5. The molecular weight excluding hydrogens is 620 g/mol. The minimum atomic E-state index is -1.28. The quantitative estimate of drug-likeness (QED) is 0.217. The third kappa shape index (κ3) is 10.8. The van der Waals surface area contributed by atoms with Crippen LogP contribution in [-0.2, 0) is 27.2 Å². The van der Waals surface area contributed by atoms with Crippen LogP contribution in [0.1, 0.15) is 38.8 Å². The Morgan fingerprint density at radius 1 is 0.848 bits per heavy atom. The number of benzene rings is 3. The van der Waals surface area contributed by atoms with Gasteiger partial charge in [0.1, 0.15) is 11.6 Å². The maximum atomic E-state index is 14.4. The first-order valence-electron chi connectivity index (χ1n) is 14.0. The molecule has 0 aromatic heterocycles. The van der Waals surface area contributed by atoms with Crippen molar-refractivity contribution >= 4 is 47.4 Å². The number of hydrogen-bond acceptors (Lipinski definition) is 9. The van der Waals surface area contributed by atoms with Crippen LogP contribution in [0.2, 0.25) is 0 Å². The van der Waals surface area contributed by atoms with Gasteiger partial charge in [-0.1, -0.05) is 42.5 Å². The van der Waals surface area contributed by atoms with E-state index in [4.69, 9.17) is 10.5 Å². The molecule has 0 heterocycles. The maximum absolute atomic E-state index is 14.4. The van der Waals surface area contributed by atoms with Crippen molar-refractivity contribution in [3.05, 3.63) is 110 Å². The van der Waals surface area contributed by atoms with Gasteiger partial charge in [0.15, 0.2) is 0 Å². The molecule has 3 rings (SSSR count). The number of non-ortho nitro benzene ring substituents is 2. The topological polar surface area (TPSA) is 191 Å². The van der Waals surface area contributed by atoms with Crippen molar-refractivity contribution in [1.29, 1.82) is 0 Å². The highest BCUT2D eigenvalue weighted by Gasteiger charge is 2.34. The van der Waals surface area contributed by atoms with Gasteiger partial charge in [0.25, 0.3) is 17.3 Å². The molecule has 0 saturated carbocycles. The fourth-order valence-electron chi connectivity index (χ4n) is 4.49. The van der Waals surface area contributed by atoms with E-state index in [2.05, 4.69) is 5.32 Å². The number of amides is 3. The molecule has 3 amide bonds. The van der Waals surface area contributed by atoms with Crippen molar-refractivity contribution < 1.29 is 29.0 Å². The molecule has 0 radical (unpaired) electrons. The average molecular weight is 657 g/mol. The van der Waals surface area contributed by atoms with Crippen LogP contribution < -0.4 is 16.1 Å². The molecule has 3 N–H and O–H groups in total. The first kappa shape index (κ1) is 37.1. The second kappa shape index (κ2) is 16.3. The summed E-state index contributed by atoms with van der Waals surface area (Å²) in [5, 5.41) is 27.1. The minimum Gasteiger partial charge on any atom is -0.444 e. The number of anilines is 1. The Morgan fingerprint density at radius 2 is 1.33 bits per heavy atom. The lowest BCUT2D eigenvalue weighted by Gasteiger charge is -2.38. The molecule has 246 valence electrons. The monoisotopic (exact) mass is 656 g/mol. The number of hydrogen-bond donors (Lipinski definition) is 2. The highest BCUT2D eigenvalue weighted by Crippen LogP contribution is 2.21.